The van der Waals surface area contributed by atoms with Crippen LogP contribution in [-0.2, 0) is 16.0 Å². The number of hydrogen-bond donors (Lipinski definition) is 0. The van der Waals surface area contributed by atoms with E-state index in [1.165, 1.54) is 7.11 Å². The summed E-state index contributed by atoms with van der Waals surface area (Å²) in [6.07, 6.45) is 5.74. The standard InChI is InChI=1S/C17H18O4/c1-3-4-11-7-12-5-6-20-16(12)15(8-11)21-14-9-13(10-14)17(18)19-2/h3,5-8,13-14H,1,4,9-10H2,2H3. The van der Waals surface area contributed by atoms with Gasteiger partial charge in [0.25, 0.3) is 0 Å². The van der Waals surface area contributed by atoms with E-state index < -0.39 is 0 Å². The number of benzene rings is 1. The van der Waals surface area contributed by atoms with Crippen molar-refractivity contribution in [3.63, 3.8) is 0 Å². The Morgan fingerprint density at radius 3 is 3.00 bits per heavy atom. The van der Waals surface area contributed by atoms with Crippen LogP contribution >= 0.6 is 0 Å². The van der Waals surface area contributed by atoms with Crippen LogP contribution in [0.15, 0.2) is 41.5 Å². The molecule has 1 heterocycles. The molecule has 1 aromatic carbocycles. The molecule has 21 heavy (non-hydrogen) atoms. The first-order chi connectivity index (χ1) is 10.2. The number of carbonyl (C=O) groups excluding carboxylic acids is 1. The minimum Gasteiger partial charge on any atom is -0.486 e. The third-order valence-corrected chi connectivity index (χ3v) is 3.88. The van der Waals surface area contributed by atoms with Crippen LogP contribution in [0.5, 0.6) is 5.75 Å². The zero-order chi connectivity index (χ0) is 14.8. The van der Waals surface area contributed by atoms with Gasteiger partial charge in [-0.3, -0.25) is 4.79 Å². The maximum absolute atomic E-state index is 11.4. The van der Waals surface area contributed by atoms with E-state index in [0.29, 0.717) is 12.8 Å². The molecular formula is C17H18O4. The summed E-state index contributed by atoms with van der Waals surface area (Å²) in [5.41, 5.74) is 1.89. The van der Waals surface area contributed by atoms with Gasteiger partial charge in [-0.2, -0.15) is 0 Å². The molecule has 0 amide bonds. The predicted octanol–water partition coefficient (Wildman–Crippen LogP) is 3.49. The van der Waals surface area contributed by atoms with Gasteiger partial charge in [0.2, 0.25) is 0 Å². The monoisotopic (exact) mass is 286 g/mol. The van der Waals surface area contributed by atoms with E-state index in [-0.39, 0.29) is 18.0 Å². The number of ether oxygens (including phenoxy) is 2. The number of hydrogen-bond acceptors (Lipinski definition) is 4. The molecule has 2 aromatic rings. The fourth-order valence-corrected chi connectivity index (χ4v) is 2.68. The third-order valence-electron chi connectivity index (χ3n) is 3.88. The Balaban J connectivity index is 1.76. The molecule has 0 aliphatic heterocycles. The Morgan fingerprint density at radius 2 is 2.29 bits per heavy atom. The van der Waals surface area contributed by atoms with Crippen molar-refractivity contribution in [3.05, 3.63) is 42.7 Å². The Bertz CT molecular complexity index is 664. The molecule has 1 fully saturated rings. The highest BCUT2D eigenvalue weighted by Crippen LogP contribution is 2.36. The normalized spacial score (nSPS) is 20.8. The molecule has 3 rings (SSSR count). The maximum Gasteiger partial charge on any atom is 0.308 e. The van der Waals surface area contributed by atoms with Crippen LogP contribution in [0.1, 0.15) is 18.4 Å². The molecular weight excluding hydrogens is 268 g/mol. The summed E-state index contributed by atoms with van der Waals surface area (Å²) in [5, 5.41) is 1.02. The summed E-state index contributed by atoms with van der Waals surface area (Å²) in [5.74, 6) is 0.546. The van der Waals surface area contributed by atoms with E-state index in [4.69, 9.17) is 13.9 Å². The van der Waals surface area contributed by atoms with Crippen LogP contribution in [0, 0.1) is 5.92 Å². The second kappa shape index (κ2) is 5.64. The minimum atomic E-state index is -0.154. The minimum absolute atomic E-state index is 0.0385. The van der Waals surface area contributed by atoms with Gasteiger partial charge in [0.05, 0.1) is 19.3 Å². The zero-order valence-electron chi connectivity index (χ0n) is 12.0. The summed E-state index contributed by atoms with van der Waals surface area (Å²) in [6.45, 7) is 3.76. The molecule has 1 aliphatic rings. The van der Waals surface area contributed by atoms with E-state index in [1.807, 2.05) is 18.2 Å². The Labute approximate surface area is 123 Å². The van der Waals surface area contributed by atoms with Crippen molar-refractivity contribution in [2.45, 2.75) is 25.4 Å². The molecule has 0 N–H and O–H groups in total. The molecule has 0 unspecified atom stereocenters. The van der Waals surface area contributed by atoms with Crippen LogP contribution in [0.4, 0.5) is 0 Å². The third kappa shape index (κ3) is 2.66. The molecule has 0 spiro atoms. The lowest BCUT2D eigenvalue weighted by atomic mass is 9.82. The lowest BCUT2D eigenvalue weighted by Gasteiger charge is -2.33. The van der Waals surface area contributed by atoms with E-state index in [1.54, 1.807) is 6.26 Å². The van der Waals surface area contributed by atoms with E-state index in [9.17, 15) is 4.79 Å². The largest absolute Gasteiger partial charge is 0.486 e. The van der Waals surface area contributed by atoms with E-state index in [0.717, 1.165) is 28.7 Å². The van der Waals surface area contributed by atoms with Gasteiger partial charge in [-0.25, -0.2) is 0 Å². The van der Waals surface area contributed by atoms with Gasteiger partial charge in [-0.15, -0.1) is 6.58 Å². The zero-order valence-corrected chi connectivity index (χ0v) is 12.0. The van der Waals surface area contributed by atoms with Crippen molar-refractivity contribution in [2.75, 3.05) is 7.11 Å². The molecule has 1 aliphatic carbocycles. The van der Waals surface area contributed by atoms with Crippen LogP contribution in [0.25, 0.3) is 11.0 Å². The van der Waals surface area contributed by atoms with Gasteiger partial charge in [0.15, 0.2) is 11.3 Å². The number of rotatable bonds is 5. The molecule has 0 bridgehead atoms. The average molecular weight is 286 g/mol. The highest BCUT2D eigenvalue weighted by atomic mass is 16.5. The summed E-state index contributed by atoms with van der Waals surface area (Å²) >= 11 is 0. The molecule has 0 atom stereocenters. The van der Waals surface area contributed by atoms with Crippen molar-refractivity contribution in [3.8, 4) is 5.75 Å². The first kappa shape index (κ1) is 13.7. The molecule has 1 saturated carbocycles. The molecule has 4 heteroatoms. The van der Waals surface area contributed by atoms with Gasteiger partial charge in [-0.05, 0) is 43.0 Å². The second-order valence-electron chi connectivity index (χ2n) is 5.36. The number of esters is 1. The number of methoxy groups -OCH3 is 1. The number of fused-ring (bicyclic) bond motifs is 1. The SMILES string of the molecule is C=CCc1cc(OC2CC(C(=O)OC)C2)c2occc2c1. The van der Waals surface area contributed by atoms with Crippen molar-refractivity contribution in [1.29, 1.82) is 0 Å². The quantitative estimate of drug-likeness (QED) is 0.623. The predicted molar refractivity (Wildman–Crippen MR) is 79.3 cm³/mol. The summed E-state index contributed by atoms with van der Waals surface area (Å²) in [4.78, 5) is 11.4. The topological polar surface area (TPSA) is 48.7 Å². The summed E-state index contributed by atoms with van der Waals surface area (Å²) < 4.78 is 16.2. The van der Waals surface area contributed by atoms with Crippen molar-refractivity contribution >= 4 is 16.9 Å². The smallest absolute Gasteiger partial charge is 0.308 e. The maximum atomic E-state index is 11.4. The highest BCUT2D eigenvalue weighted by Gasteiger charge is 2.37. The van der Waals surface area contributed by atoms with Crippen molar-refractivity contribution in [1.82, 2.24) is 0 Å². The average Bonchev–Trinajstić information content (AvgIpc) is 2.90. The molecule has 110 valence electrons. The Hall–Kier alpha value is -2.23. The van der Waals surface area contributed by atoms with Crippen LogP contribution in [-0.4, -0.2) is 19.2 Å². The first-order valence-electron chi connectivity index (χ1n) is 7.06. The van der Waals surface area contributed by atoms with Crippen LogP contribution in [0.3, 0.4) is 0 Å². The van der Waals surface area contributed by atoms with Crippen LogP contribution < -0.4 is 4.74 Å². The highest BCUT2D eigenvalue weighted by molar-refractivity contribution is 5.84. The van der Waals surface area contributed by atoms with Crippen molar-refractivity contribution < 1.29 is 18.7 Å². The molecule has 0 radical (unpaired) electrons. The molecule has 4 nitrogen and oxygen atoms in total. The van der Waals surface area contributed by atoms with Gasteiger partial charge >= 0.3 is 5.97 Å². The van der Waals surface area contributed by atoms with Gasteiger partial charge in [-0.1, -0.05) is 6.08 Å². The number of carbonyl (C=O) groups is 1. The van der Waals surface area contributed by atoms with Crippen molar-refractivity contribution in [2.24, 2.45) is 5.92 Å². The fraction of sp³-hybridized carbons (Fsp3) is 0.353. The Kier molecular flexibility index (Phi) is 3.69. The number of allylic oxidation sites excluding steroid dienone is 1. The van der Waals surface area contributed by atoms with Crippen LogP contribution in [0.2, 0.25) is 0 Å². The van der Waals surface area contributed by atoms with E-state index >= 15 is 0 Å². The van der Waals surface area contributed by atoms with Gasteiger partial charge in [0.1, 0.15) is 6.10 Å². The fourth-order valence-electron chi connectivity index (χ4n) is 2.68. The first-order valence-corrected chi connectivity index (χ1v) is 7.06. The lowest BCUT2D eigenvalue weighted by Crippen LogP contribution is -2.38. The second-order valence-corrected chi connectivity index (χ2v) is 5.36. The number of furan rings is 1. The van der Waals surface area contributed by atoms with Gasteiger partial charge in [0, 0.05) is 5.39 Å². The molecule has 0 saturated heterocycles. The summed E-state index contributed by atoms with van der Waals surface area (Å²) in [6, 6.07) is 5.98. The Morgan fingerprint density at radius 1 is 1.48 bits per heavy atom. The lowest BCUT2D eigenvalue weighted by molar-refractivity contribution is -0.151. The summed E-state index contributed by atoms with van der Waals surface area (Å²) in [7, 11) is 1.42. The molecule has 1 aromatic heterocycles. The van der Waals surface area contributed by atoms with E-state index in [2.05, 4.69) is 12.6 Å². The van der Waals surface area contributed by atoms with Gasteiger partial charge < -0.3 is 13.9 Å².